The van der Waals surface area contributed by atoms with Gasteiger partial charge in [-0.25, -0.2) is 8.42 Å². The third-order valence-corrected chi connectivity index (χ3v) is 6.43. The fourth-order valence-corrected chi connectivity index (χ4v) is 4.62. The fourth-order valence-electron chi connectivity index (χ4n) is 3.36. The minimum Gasteiger partial charge on any atom is -0.495 e. The van der Waals surface area contributed by atoms with Gasteiger partial charge in [0, 0.05) is 17.8 Å². The van der Waals surface area contributed by atoms with Crippen molar-refractivity contribution in [2.45, 2.75) is 31.6 Å². The lowest BCUT2D eigenvalue weighted by molar-refractivity contribution is -0.116. The highest BCUT2D eigenvalue weighted by molar-refractivity contribution is 7.92. The number of methoxy groups -OCH3 is 1. The number of anilines is 2. The van der Waals surface area contributed by atoms with E-state index in [-0.39, 0.29) is 23.0 Å². The molecular formula is C26H30N2O6S. The second-order valence-corrected chi connectivity index (χ2v) is 9.20. The van der Waals surface area contributed by atoms with Gasteiger partial charge in [-0.2, -0.15) is 0 Å². The number of ether oxygens (including phenoxy) is 3. The normalized spacial score (nSPS) is 10.9. The van der Waals surface area contributed by atoms with Crippen LogP contribution < -0.4 is 24.2 Å². The second-order valence-electron chi connectivity index (χ2n) is 7.55. The number of carbonyl (C=O) groups excluding carboxylic acids is 1. The van der Waals surface area contributed by atoms with Gasteiger partial charge in [0.25, 0.3) is 10.0 Å². The van der Waals surface area contributed by atoms with Gasteiger partial charge in [-0.05, 0) is 80.4 Å². The molecule has 0 saturated heterocycles. The molecule has 35 heavy (non-hydrogen) atoms. The Labute approximate surface area is 206 Å². The number of nitrogens with one attached hydrogen (secondary N) is 2. The van der Waals surface area contributed by atoms with E-state index in [0.29, 0.717) is 36.8 Å². The second kappa shape index (κ2) is 12.1. The standard InChI is InChI=1S/C26H30N2O6S/c1-4-33-22-12-6-19(7-13-22)8-17-26(29)27-21-11-16-24(32-3)25(18-21)35(30,31)28-20-9-14-23(15-10-20)34-5-2/h6-7,9-16,18,28H,4-5,8,17H2,1-3H3,(H,27,29). The van der Waals surface area contributed by atoms with Gasteiger partial charge in [0.1, 0.15) is 22.1 Å². The number of hydrogen-bond donors (Lipinski definition) is 2. The predicted octanol–water partition coefficient (Wildman–Crippen LogP) is 4.86. The average molecular weight is 499 g/mol. The molecular weight excluding hydrogens is 468 g/mol. The summed E-state index contributed by atoms with van der Waals surface area (Å²) in [4.78, 5) is 12.4. The van der Waals surface area contributed by atoms with E-state index in [4.69, 9.17) is 14.2 Å². The van der Waals surface area contributed by atoms with Crippen molar-refractivity contribution in [1.82, 2.24) is 0 Å². The van der Waals surface area contributed by atoms with Crippen molar-refractivity contribution in [3.8, 4) is 17.2 Å². The van der Waals surface area contributed by atoms with Gasteiger partial charge in [0.05, 0.1) is 20.3 Å². The van der Waals surface area contributed by atoms with Crippen molar-refractivity contribution in [2.24, 2.45) is 0 Å². The van der Waals surface area contributed by atoms with Crippen molar-refractivity contribution in [2.75, 3.05) is 30.4 Å². The molecule has 8 nitrogen and oxygen atoms in total. The first kappa shape index (κ1) is 25.9. The molecule has 0 heterocycles. The monoisotopic (exact) mass is 498 g/mol. The minimum absolute atomic E-state index is 0.0850. The number of amides is 1. The zero-order chi connectivity index (χ0) is 25.3. The Hall–Kier alpha value is -3.72. The highest BCUT2D eigenvalue weighted by Crippen LogP contribution is 2.29. The molecule has 0 unspecified atom stereocenters. The van der Waals surface area contributed by atoms with Crippen LogP contribution in [0.4, 0.5) is 11.4 Å². The number of carbonyl (C=O) groups is 1. The Balaban J connectivity index is 1.68. The summed E-state index contributed by atoms with van der Waals surface area (Å²) in [5, 5.41) is 2.77. The summed E-state index contributed by atoms with van der Waals surface area (Å²) in [6.07, 6.45) is 0.783. The van der Waals surface area contributed by atoms with Crippen molar-refractivity contribution < 1.29 is 27.4 Å². The van der Waals surface area contributed by atoms with Gasteiger partial charge in [-0.15, -0.1) is 0 Å². The summed E-state index contributed by atoms with van der Waals surface area (Å²) >= 11 is 0. The number of benzene rings is 3. The summed E-state index contributed by atoms with van der Waals surface area (Å²) in [5.74, 6) is 1.36. The van der Waals surface area contributed by atoms with Gasteiger partial charge >= 0.3 is 0 Å². The molecule has 0 aliphatic carbocycles. The van der Waals surface area contributed by atoms with E-state index in [2.05, 4.69) is 10.0 Å². The lowest BCUT2D eigenvalue weighted by Crippen LogP contribution is -2.16. The summed E-state index contributed by atoms with van der Waals surface area (Å²) < 4.78 is 44.7. The Kier molecular flexibility index (Phi) is 8.97. The molecule has 0 bridgehead atoms. The third-order valence-electron chi connectivity index (χ3n) is 5.03. The molecule has 0 aliphatic heterocycles. The Morgan fingerprint density at radius 1 is 0.829 bits per heavy atom. The van der Waals surface area contributed by atoms with Gasteiger partial charge in [-0.3, -0.25) is 9.52 Å². The van der Waals surface area contributed by atoms with Crippen LogP contribution in [0.15, 0.2) is 71.6 Å². The Morgan fingerprint density at radius 3 is 1.97 bits per heavy atom. The first-order chi connectivity index (χ1) is 16.8. The fraction of sp³-hybridized carbons (Fsp3) is 0.269. The Morgan fingerprint density at radius 2 is 1.40 bits per heavy atom. The van der Waals surface area contributed by atoms with E-state index in [1.807, 2.05) is 38.1 Å². The van der Waals surface area contributed by atoms with Crippen molar-refractivity contribution in [3.05, 3.63) is 72.3 Å². The van der Waals surface area contributed by atoms with E-state index in [1.165, 1.54) is 19.2 Å². The zero-order valence-corrected chi connectivity index (χ0v) is 20.9. The molecule has 3 aromatic carbocycles. The Bertz CT molecular complexity index is 1230. The SMILES string of the molecule is CCOc1ccc(CCC(=O)Nc2ccc(OC)c(S(=O)(=O)Nc3ccc(OCC)cc3)c2)cc1. The van der Waals surface area contributed by atoms with E-state index in [0.717, 1.165) is 11.3 Å². The van der Waals surface area contributed by atoms with E-state index >= 15 is 0 Å². The summed E-state index contributed by atoms with van der Waals surface area (Å²) in [7, 11) is -2.59. The van der Waals surface area contributed by atoms with Gasteiger partial charge in [0.15, 0.2) is 0 Å². The minimum atomic E-state index is -3.98. The smallest absolute Gasteiger partial charge is 0.265 e. The number of hydrogen-bond acceptors (Lipinski definition) is 6. The molecule has 3 rings (SSSR count). The molecule has 0 fully saturated rings. The number of rotatable bonds is 12. The quantitative estimate of drug-likeness (QED) is 0.370. The van der Waals surface area contributed by atoms with Crippen LogP contribution in [0.5, 0.6) is 17.2 Å². The maximum absolute atomic E-state index is 13.1. The lowest BCUT2D eigenvalue weighted by Gasteiger charge is -2.14. The van der Waals surface area contributed by atoms with E-state index in [1.54, 1.807) is 30.3 Å². The lowest BCUT2D eigenvalue weighted by atomic mass is 10.1. The van der Waals surface area contributed by atoms with Crippen molar-refractivity contribution >= 4 is 27.3 Å². The largest absolute Gasteiger partial charge is 0.495 e. The molecule has 0 aromatic heterocycles. The van der Waals surface area contributed by atoms with E-state index in [9.17, 15) is 13.2 Å². The van der Waals surface area contributed by atoms with Crippen LogP contribution in [-0.2, 0) is 21.2 Å². The van der Waals surface area contributed by atoms with Crippen LogP contribution in [0.3, 0.4) is 0 Å². The highest BCUT2D eigenvalue weighted by atomic mass is 32.2. The summed E-state index contributed by atoms with van der Waals surface area (Å²) in [6, 6.07) is 18.7. The molecule has 2 N–H and O–H groups in total. The summed E-state index contributed by atoms with van der Waals surface area (Å²) in [6.45, 7) is 4.90. The average Bonchev–Trinajstić information content (AvgIpc) is 2.85. The topological polar surface area (TPSA) is 103 Å². The van der Waals surface area contributed by atoms with Crippen LogP contribution in [0.1, 0.15) is 25.8 Å². The van der Waals surface area contributed by atoms with Crippen LogP contribution in [0.2, 0.25) is 0 Å². The number of sulfonamides is 1. The molecule has 186 valence electrons. The molecule has 1 amide bonds. The maximum Gasteiger partial charge on any atom is 0.265 e. The molecule has 9 heteroatoms. The molecule has 0 radical (unpaired) electrons. The van der Waals surface area contributed by atoms with Crippen molar-refractivity contribution in [1.29, 1.82) is 0 Å². The first-order valence-corrected chi connectivity index (χ1v) is 12.8. The van der Waals surface area contributed by atoms with Gasteiger partial charge in [0.2, 0.25) is 5.91 Å². The van der Waals surface area contributed by atoms with Gasteiger partial charge < -0.3 is 19.5 Å². The molecule has 0 spiro atoms. The van der Waals surface area contributed by atoms with E-state index < -0.39 is 10.0 Å². The maximum atomic E-state index is 13.1. The molecule has 0 saturated carbocycles. The van der Waals surface area contributed by atoms with Crippen molar-refractivity contribution in [3.63, 3.8) is 0 Å². The summed E-state index contributed by atoms with van der Waals surface area (Å²) in [5.41, 5.74) is 1.73. The molecule has 0 aliphatic rings. The van der Waals surface area contributed by atoms with Crippen LogP contribution in [0, 0.1) is 0 Å². The van der Waals surface area contributed by atoms with Crippen LogP contribution in [-0.4, -0.2) is 34.6 Å². The van der Waals surface area contributed by atoms with Gasteiger partial charge in [-0.1, -0.05) is 12.1 Å². The highest BCUT2D eigenvalue weighted by Gasteiger charge is 2.21. The predicted molar refractivity (Wildman–Crippen MR) is 136 cm³/mol. The third kappa shape index (κ3) is 7.38. The molecule has 0 atom stereocenters. The first-order valence-electron chi connectivity index (χ1n) is 11.3. The number of aryl methyl sites for hydroxylation is 1. The molecule has 3 aromatic rings. The van der Waals surface area contributed by atoms with Crippen LogP contribution >= 0.6 is 0 Å². The van der Waals surface area contributed by atoms with Crippen LogP contribution in [0.25, 0.3) is 0 Å². The zero-order valence-electron chi connectivity index (χ0n) is 20.0.